The van der Waals surface area contributed by atoms with Gasteiger partial charge in [0.1, 0.15) is 5.75 Å². The van der Waals surface area contributed by atoms with Crippen LogP contribution in [0.25, 0.3) is 11.3 Å². The number of benzene rings is 1. The van der Waals surface area contributed by atoms with E-state index in [1.807, 2.05) is 42.8 Å². The first-order valence-corrected chi connectivity index (χ1v) is 7.64. The summed E-state index contributed by atoms with van der Waals surface area (Å²) in [6.45, 7) is 3.80. The Kier molecular flexibility index (Phi) is 3.94. The maximum Gasteiger partial charge on any atom is 0.332 e. The van der Waals surface area contributed by atoms with Crippen molar-refractivity contribution in [1.82, 2.24) is 9.55 Å². The highest BCUT2D eigenvalue weighted by molar-refractivity contribution is 5.97. The molecule has 23 heavy (non-hydrogen) atoms. The summed E-state index contributed by atoms with van der Waals surface area (Å²) in [5, 5.41) is 9.48. The molecule has 0 bridgehead atoms. The summed E-state index contributed by atoms with van der Waals surface area (Å²) in [4.78, 5) is 15.8. The number of imidazole rings is 1. The SMILES string of the molecule is COc1cc(/C(C)=C(/C(=O)O)C2CC2)ccc1-n1cnc(C)c1. The van der Waals surface area contributed by atoms with Crippen molar-refractivity contribution in [3.05, 3.63) is 47.6 Å². The Morgan fingerprint density at radius 2 is 2.13 bits per heavy atom. The molecule has 1 saturated carbocycles. The van der Waals surface area contributed by atoms with Gasteiger partial charge in [-0.1, -0.05) is 6.07 Å². The first-order chi connectivity index (χ1) is 11.0. The zero-order valence-electron chi connectivity index (χ0n) is 13.5. The number of aliphatic carboxylic acids is 1. The third kappa shape index (κ3) is 2.99. The summed E-state index contributed by atoms with van der Waals surface area (Å²) in [5.74, 6) is 0.0625. The standard InChI is InChI=1S/C18H20N2O3/c1-11-9-20(10-19-11)15-7-6-14(8-16(15)23-3)12(2)17(18(21)22)13-4-5-13/h6-10,13H,4-5H2,1-3H3,(H,21,22)/b17-12+. The van der Waals surface area contributed by atoms with Crippen molar-refractivity contribution in [2.45, 2.75) is 26.7 Å². The molecule has 1 N–H and O–H groups in total. The second-order valence-electron chi connectivity index (χ2n) is 5.93. The van der Waals surface area contributed by atoms with Crippen molar-refractivity contribution in [2.75, 3.05) is 7.11 Å². The molecule has 0 radical (unpaired) electrons. The Hall–Kier alpha value is -2.56. The van der Waals surface area contributed by atoms with Crippen molar-refractivity contribution >= 4 is 11.5 Å². The van der Waals surface area contributed by atoms with Gasteiger partial charge >= 0.3 is 5.97 Å². The second-order valence-corrected chi connectivity index (χ2v) is 5.93. The third-order valence-corrected chi connectivity index (χ3v) is 4.22. The fourth-order valence-corrected chi connectivity index (χ4v) is 2.85. The van der Waals surface area contributed by atoms with Crippen molar-refractivity contribution in [3.63, 3.8) is 0 Å². The van der Waals surface area contributed by atoms with Crippen LogP contribution in [0.3, 0.4) is 0 Å². The van der Waals surface area contributed by atoms with Gasteiger partial charge in [-0.05, 0) is 55.9 Å². The van der Waals surface area contributed by atoms with Crippen LogP contribution in [0.15, 0.2) is 36.3 Å². The molecule has 0 spiro atoms. The molecule has 1 fully saturated rings. The minimum Gasteiger partial charge on any atom is -0.495 e. The first-order valence-electron chi connectivity index (χ1n) is 7.64. The Morgan fingerprint density at radius 1 is 1.39 bits per heavy atom. The smallest absolute Gasteiger partial charge is 0.332 e. The largest absolute Gasteiger partial charge is 0.495 e. The number of carbonyl (C=O) groups is 1. The zero-order valence-corrected chi connectivity index (χ0v) is 13.5. The van der Waals surface area contributed by atoms with Crippen molar-refractivity contribution in [3.8, 4) is 11.4 Å². The van der Waals surface area contributed by atoms with Crippen molar-refractivity contribution in [1.29, 1.82) is 0 Å². The highest BCUT2D eigenvalue weighted by Crippen LogP contribution is 2.41. The summed E-state index contributed by atoms with van der Waals surface area (Å²) >= 11 is 0. The summed E-state index contributed by atoms with van der Waals surface area (Å²) in [5.41, 5.74) is 4.03. The lowest BCUT2D eigenvalue weighted by atomic mass is 9.97. The number of hydrogen-bond donors (Lipinski definition) is 1. The van der Waals surface area contributed by atoms with Crippen molar-refractivity contribution < 1.29 is 14.6 Å². The van der Waals surface area contributed by atoms with Crippen LogP contribution in [-0.2, 0) is 4.79 Å². The molecule has 0 aliphatic heterocycles. The van der Waals surface area contributed by atoms with Crippen LogP contribution in [0.5, 0.6) is 5.75 Å². The predicted octanol–water partition coefficient (Wildman–Crippen LogP) is 3.46. The lowest BCUT2D eigenvalue weighted by molar-refractivity contribution is -0.132. The molecule has 3 rings (SSSR count). The predicted molar refractivity (Wildman–Crippen MR) is 87.8 cm³/mol. The molecule has 1 aliphatic rings. The quantitative estimate of drug-likeness (QED) is 0.859. The first kappa shape index (κ1) is 15.3. The van der Waals surface area contributed by atoms with E-state index in [4.69, 9.17) is 4.74 Å². The van der Waals surface area contributed by atoms with Gasteiger partial charge in [-0.3, -0.25) is 0 Å². The topological polar surface area (TPSA) is 64.3 Å². The minimum absolute atomic E-state index is 0.189. The lowest BCUT2D eigenvalue weighted by Gasteiger charge is -2.13. The number of methoxy groups -OCH3 is 1. The number of aromatic nitrogens is 2. The van der Waals surface area contributed by atoms with Crippen LogP contribution in [0.2, 0.25) is 0 Å². The molecule has 1 aromatic heterocycles. The average Bonchev–Trinajstić information content (AvgIpc) is 3.26. The molecule has 1 aliphatic carbocycles. The van der Waals surface area contributed by atoms with Gasteiger partial charge in [0.2, 0.25) is 0 Å². The number of carboxylic acids is 1. The number of nitrogens with zero attached hydrogens (tertiary/aromatic N) is 2. The fourth-order valence-electron chi connectivity index (χ4n) is 2.85. The molecular formula is C18H20N2O3. The Labute approximate surface area is 135 Å². The molecule has 5 nitrogen and oxygen atoms in total. The Morgan fingerprint density at radius 3 is 2.65 bits per heavy atom. The van der Waals surface area contributed by atoms with E-state index in [1.54, 1.807) is 13.4 Å². The number of allylic oxidation sites excluding steroid dienone is 1. The lowest BCUT2D eigenvalue weighted by Crippen LogP contribution is -2.05. The van der Waals surface area contributed by atoms with Crippen LogP contribution >= 0.6 is 0 Å². The third-order valence-electron chi connectivity index (χ3n) is 4.22. The van der Waals surface area contributed by atoms with Crippen LogP contribution in [-0.4, -0.2) is 27.7 Å². The van der Waals surface area contributed by atoms with Gasteiger partial charge in [0.05, 0.1) is 24.8 Å². The van der Waals surface area contributed by atoms with E-state index < -0.39 is 5.97 Å². The molecule has 1 heterocycles. The number of rotatable bonds is 5. The number of ether oxygens (including phenoxy) is 1. The van der Waals surface area contributed by atoms with E-state index in [9.17, 15) is 9.90 Å². The van der Waals surface area contributed by atoms with E-state index >= 15 is 0 Å². The molecule has 1 aromatic carbocycles. The number of hydrogen-bond acceptors (Lipinski definition) is 3. The van der Waals surface area contributed by atoms with Crippen LogP contribution < -0.4 is 4.74 Å². The van der Waals surface area contributed by atoms with E-state index in [0.717, 1.165) is 35.4 Å². The maximum absolute atomic E-state index is 11.5. The molecule has 0 amide bonds. The molecule has 0 atom stereocenters. The van der Waals surface area contributed by atoms with Crippen molar-refractivity contribution in [2.24, 2.45) is 5.92 Å². The van der Waals surface area contributed by atoms with Gasteiger partial charge in [-0.15, -0.1) is 0 Å². The highest BCUT2D eigenvalue weighted by atomic mass is 16.5. The summed E-state index contributed by atoms with van der Waals surface area (Å²) < 4.78 is 7.40. The van der Waals surface area contributed by atoms with Gasteiger partial charge in [0, 0.05) is 11.8 Å². The minimum atomic E-state index is -0.821. The van der Waals surface area contributed by atoms with Gasteiger partial charge < -0.3 is 14.4 Å². The summed E-state index contributed by atoms with van der Waals surface area (Å²) in [7, 11) is 1.62. The van der Waals surface area contributed by atoms with Crippen LogP contribution in [0.4, 0.5) is 0 Å². The van der Waals surface area contributed by atoms with E-state index in [0.29, 0.717) is 11.3 Å². The van der Waals surface area contributed by atoms with Crippen LogP contribution in [0, 0.1) is 12.8 Å². The highest BCUT2D eigenvalue weighted by Gasteiger charge is 2.32. The Bertz CT molecular complexity index is 785. The molecule has 0 unspecified atom stereocenters. The van der Waals surface area contributed by atoms with E-state index in [-0.39, 0.29) is 5.92 Å². The molecule has 0 saturated heterocycles. The summed E-state index contributed by atoms with van der Waals surface area (Å²) in [6.07, 6.45) is 5.58. The van der Waals surface area contributed by atoms with E-state index in [1.165, 1.54) is 0 Å². The normalized spacial score (nSPS) is 15.3. The average molecular weight is 312 g/mol. The maximum atomic E-state index is 11.5. The zero-order chi connectivity index (χ0) is 16.6. The van der Waals surface area contributed by atoms with Gasteiger partial charge in [-0.2, -0.15) is 0 Å². The monoisotopic (exact) mass is 312 g/mol. The van der Waals surface area contributed by atoms with Gasteiger partial charge in [0.25, 0.3) is 0 Å². The molecule has 120 valence electrons. The second kappa shape index (κ2) is 5.91. The van der Waals surface area contributed by atoms with Crippen LogP contribution in [0.1, 0.15) is 31.0 Å². The van der Waals surface area contributed by atoms with E-state index in [2.05, 4.69) is 4.98 Å². The van der Waals surface area contributed by atoms with Gasteiger partial charge in [-0.25, -0.2) is 9.78 Å². The number of carboxylic acid groups (broad SMARTS) is 1. The Balaban J connectivity index is 2.05. The molecule has 2 aromatic rings. The molecular weight excluding hydrogens is 292 g/mol. The molecule has 5 heteroatoms. The van der Waals surface area contributed by atoms with Gasteiger partial charge in [0.15, 0.2) is 0 Å². The number of aryl methyl sites for hydroxylation is 1. The fraction of sp³-hybridized carbons (Fsp3) is 0.333. The summed E-state index contributed by atoms with van der Waals surface area (Å²) in [6, 6.07) is 5.77.